The molecule has 20 heavy (non-hydrogen) atoms. The molecule has 2 bridgehead atoms. The molecule has 2 heteroatoms. The van der Waals surface area contributed by atoms with Crippen LogP contribution in [0.5, 0.6) is 0 Å². The van der Waals surface area contributed by atoms with Crippen LogP contribution in [-0.2, 0) is 4.74 Å². The van der Waals surface area contributed by atoms with Crippen LogP contribution in [-0.4, -0.2) is 17.0 Å². The lowest BCUT2D eigenvalue weighted by molar-refractivity contribution is -0.138. The number of fused-ring (bicyclic) bond motifs is 2. The van der Waals surface area contributed by atoms with E-state index in [-0.39, 0.29) is 5.60 Å². The lowest BCUT2D eigenvalue weighted by Gasteiger charge is -2.44. The van der Waals surface area contributed by atoms with Gasteiger partial charge in [0.2, 0.25) is 0 Å². The smallest absolute Gasteiger partial charge is 0.0782 e. The Kier molecular flexibility index (Phi) is 4.04. The van der Waals surface area contributed by atoms with Crippen molar-refractivity contribution in [2.45, 2.75) is 90.3 Å². The first-order valence-corrected chi connectivity index (χ1v) is 9.79. The molecular formula is C18H31BrO. The topological polar surface area (TPSA) is 9.23 Å². The van der Waals surface area contributed by atoms with Gasteiger partial charge in [-0.05, 0) is 48.9 Å². The highest BCUT2D eigenvalue weighted by molar-refractivity contribution is 9.09. The van der Waals surface area contributed by atoms with E-state index in [2.05, 4.69) is 36.7 Å². The quantitative estimate of drug-likeness (QED) is 0.471. The summed E-state index contributed by atoms with van der Waals surface area (Å²) in [7, 11) is 0. The van der Waals surface area contributed by atoms with Crippen molar-refractivity contribution in [1.82, 2.24) is 0 Å². The molecule has 3 unspecified atom stereocenters. The van der Waals surface area contributed by atoms with E-state index in [1.54, 1.807) is 0 Å². The van der Waals surface area contributed by atoms with E-state index >= 15 is 0 Å². The van der Waals surface area contributed by atoms with Crippen molar-refractivity contribution in [1.29, 1.82) is 0 Å². The van der Waals surface area contributed by atoms with Gasteiger partial charge in [0.1, 0.15) is 0 Å². The SMILES string of the molecule is CC1(C)C2CCC1(C)C(OC1(CBr)CCCCCC1)C2. The van der Waals surface area contributed by atoms with Crippen LogP contribution < -0.4 is 0 Å². The van der Waals surface area contributed by atoms with Gasteiger partial charge in [0, 0.05) is 5.33 Å². The number of rotatable bonds is 3. The van der Waals surface area contributed by atoms with Gasteiger partial charge in [-0.2, -0.15) is 0 Å². The van der Waals surface area contributed by atoms with E-state index in [0.29, 0.717) is 16.9 Å². The van der Waals surface area contributed by atoms with Crippen molar-refractivity contribution in [3.63, 3.8) is 0 Å². The third kappa shape index (κ3) is 2.20. The first-order valence-electron chi connectivity index (χ1n) is 8.67. The van der Waals surface area contributed by atoms with Crippen molar-refractivity contribution in [2.24, 2.45) is 16.7 Å². The molecule has 116 valence electrons. The van der Waals surface area contributed by atoms with Crippen molar-refractivity contribution in [2.75, 3.05) is 5.33 Å². The zero-order valence-corrected chi connectivity index (χ0v) is 15.1. The second-order valence-electron chi connectivity index (χ2n) is 8.45. The van der Waals surface area contributed by atoms with Gasteiger partial charge < -0.3 is 4.74 Å². The zero-order valence-electron chi connectivity index (χ0n) is 13.5. The molecule has 1 nitrogen and oxygen atoms in total. The van der Waals surface area contributed by atoms with Crippen molar-refractivity contribution in [3.05, 3.63) is 0 Å². The lowest BCUT2D eigenvalue weighted by Crippen LogP contribution is -2.45. The van der Waals surface area contributed by atoms with E-state index in [1.807, 2.05) is 0 Å². The van der Waals surface area contributed by atoms with Gasteiger partial charge in [-0.25, -0.2) is 0 Å². The van der Waals surface area contributed by atoms with Crippen LogP contribution in [0.1, 0.15) is 78.6 Å². The fourth-order valence-corrected chi connectivity index (χ4v) is 5.96. The molecule has 0 radical (unpaired) electrons. The Bertz CT molecular complexity index is 356. The van der Waals surface area contributed by atoms with E-state index in [9.17, 15) is 0 Å². The van der Waals surface area contributed by atoms with Crippen molar-refractivity contribution in [3.8, 4) is 0 Å². The van der Waals surface area contributed by atoms with Crippen LogP contribution in [0, 0.1) is 16.7 Å². The molecule has 3 saturated carbocycles. The van der Waals surface area contributed by atoms with Crippen molar-refractivity contribution >= 4 is 15.9 Å². The third-order valence-electron chi connectivity index (χ3n) is 7.36. The molecule has 0 N–H and O–H groups in total. The average molecular weight is 343 g/mol. The van der Waals surface area contributed by atoms with E-state index < -0.39 is 0 Å². The van der Waals surface area contributed by atoms with E-state index in [4.69, 9.17) is 4.74 Å². The molecular weight excluding hydrogens is 312 g/mol. The Labute approximate surface area is 133 Å². The standard InChI is InChI=1S/C18H31BrO/c1-16(2)14-8-11-17(16,3)15(12-14)20-18(13-19)9-6-4-5-7-10-18/h14-15H,4-13H2,1-3H3. The summed E-state index contributed by atoms with van der Waals surface area (Å²) < 4.78 is 6.89. The summed E-state index contributed by atoms with van der Waals surface area (Å²) >= 11 is 3.78. The molecule has 0 amide bonds. The highest BCUT2D eigenvalue weighted by atomic mass is 79.9. The molecule has 3 aliphatic carbocycles. The summed E-state index contributed by atoms with van der Waals surface area (Å²) in [5, 5.41) is 1.03. The summed E-state index contributed by atoms with van der Waals surface area (Å²) in [5.41, 5.74) is 1.000. The maximum atomic E-state index is 6.89. The Hall–Kier alpha value is 0.440. The molecule has 0 spiro atoms. The van der Waals surface area contributed by atoms with Gasteiger partial charge in [-0.3, -0.25) is 0 Å². The summed E-state index contributed by atoms with van der Waals surface area (Å²) in [5.74, 6) is 0.885. The lowest BCUT2D eigenvalue weighted by atomic mass is 9.70. The van der Waals surface area contributed by atoms with Gasteiger partial charge in [-0.1, -0.05) is 62.4 Å². The monoisotopic (exact) mass is 342 g/mol. The van der Waals surface area contributed by atoms with Crippen LogP contribution >= 0.6 is 15.9 Å². The Morgan fingerprint density at radius 2 is 1.65 bits per heavy atom. The summed E-state index contributed by atoms with van der Waals surface area (Å²) in [4.78, 5) is 0. The average Bonchev–Trinajstić information content (AvgIpc) is 2.69. The van der Waals surface area contributed by atoms with Crippen LogP contribution in [0.25, 0.3) is 0 Å². The largest absolute Gasteiger partial charge is 0.370 e. The van der Waals surface area contributed by atoms with Gasteiger partial charge in [0.15, 0.2) is 0 Å². The van der Waals surface area contributed by atoms with Crippen LogP contribution in [0.2, 0.25) is 0 Å². The maximum Gasteiger partial charge on any atom is 0.0782 e. The third-order valence-corrected chi connectivity index (χ3v) is 8.39. The van der Waals surface area contributed by atoms with Gasteiger partial charge in [-0.15, -0.1) is 0 Å². The number of ether oxygens (including phenoxy) is 1. The Balaban J connectivity index is 1.77. The fourth-order valence-electron chi connectivity index (χ4n) is 5.27. The number of hydrogen-bond acceptors (Lipinski definition) is 1. The molecule has 0 aliphatic heterocycles. The minimum Gasteiger partial charge on any atom is -0.370 e. The van der Waals surface area contributed by atoms with E-state index in [1.165, 1.54) is 57.8 Å². The fraction of sp³-hybridized carbons (Fsp3) is 1.00. The van der Waals surface area contributed by atoms with Crippen LogP contribution in [0.4, 0.5) is 0 Å². The Morgan fingerprint density at radius 1 is 1.00 bits per heavy atom. The van der Waals surface area contributed by atoms with Crippen LogP contribution in [0.3, 0.4) is 0 Å². The number of halogens is 1. The second-order valence-corrected chi connectivity index (χ2v) is 9.01. The minimum absolute atomic E-state index is 0.130. The summed E-state index contributed by atoms with van der Waals surface area (Å²) in [6.07, 6.45) is 12.6. The van der Waals surface area contributed by atoms with Crippen LogP contribution in [0.15, 0.2) is 0 Å². The highest BCUT2D eigenvalue weighted by Crippen LogP contribution is 2.66. The van der Waals surface area contributed by atoms with E-state index in [0.717, 1.165) is 11.2 Å². The predicted octanol–water partition coefficient (Wildman–Crippen LogP) is 5.71. The second kappa shape index (κ2) is 5.26. The minimum atomic E-state index is 0.130. The summed E-state index contributed by atoms with van der Waals surface area (Å²) in [6, 6.07) is 0. The molecule has 3 atom stereocenters. The Morgan fingerprint density at radius 3 is 2.10 bits per heavy atom. The molecule has 0 aromatic rings. The first kappa shape index (κ1) is 15.3. The molecule has 0 aromatic carbocycles. The summed E-state index contributed by atoms with van der Waals surface area (Å²) in [6.45, 7) is 7.48. The molecule has 3 fully saturated rings. The first-order chi connectivity index (χ1) is 9.44. The molecule has 3 aliphatic rings. The van der Waals surface area contributed by atoms with Gasteiger partial charge in [0.25, 0.3) is 0 Å². The van der Waals surface area contributed by atoms with Crippen molar-refractivity contribution < 1.29 is 4.74 Å². The normalized spacial score (nSPS) is 42.6. The van der Waals surface area contributed by atoms with Gasteiger partial charge >= 0.3 is 0 Å². The number of hydrogen-bond donors (Lipinski definition) is 0. The molecule has 0 saturated heterocycles. The highest BCUT2D eigenvalue weighted by Gasteiger charge is 2.62. The molecule has 0 heterocycles. The van der Waals surface area contributed by atoms with Gasteiger partial charge in [0.05, 0.1) is 11.7 Å². The zero-order chi connectivity index (χ0) is 14.4. The molecule has 0 aromatic heterocycles. The maximum absolute atomic E-state index is 6.89. The number of alkyl halides is 1. The molecule has 3 rings (SSSR count). The predicted molar refractivity (Wildman–Crippen MR) is 88.3 cm³/mol.